The van der Waals surface area contributed by atoms with Gasteiger partial charge in [-0.05, 0) is 23.3 Å². The van der Waals surface area contributed by atoms with Gasteiger partial charge in [0.05, 0.1) is 5.56 Å². The van der Waals surface area contributed by atoms with Gasteiger partial charge < -0.3 is 19.0 Å². The number of aromatic hydroxyl groups is 1. The van der Waals surface area contributed by atoms with Gasteiger partial charge in [0.25, 0.3) is 0 Å². The summed E-state index contributed by atoms with van der Waals surface area (Å²) < 4.78 is 16.9. The van der Waals surface area contributed by atoms with Gasteiger partial charge in [-0.2, -0.15) is 0 Å². The largest absolute Gasteiger partial charge is 0.507 e. The van der Waals surface area contributed by atoms with Crippen LogP contribution in [0, 0.1) is 0 Å². The molecule has 4 rings (SSSR count). The lowest BCUT2D eigenvalue weighted by atomic mass is 10.0. The molecule has 0 amide bonds. The highest BCUT2D eigenvalue weighted by Crippen LogP contribution is 2.31. The zero-order valence-corrected chi connectivity index (χ0v) is 16.2. The maximum absolute atomic E-state index is 13.0. The first-order chi connectivity index (χ1) is 14.7. The standard InChI is InChI=1S/C25H20O5/c1-2-12-28-19-10-8-18(9-11-19)21-16-30-23-14-20(13-22(26)24(23)25(21)27)29-15-17-6-4-3-5-7-17/h2-11,13-14,16,26H,1,12,15H2. The molecule has 1 N–H and O–H groups in total. The van der Waals surface area contributed by atoms with E-state index < -0.39 is 0 Å². The molecule has 0 fully saturated rings. The number of hydrogen-bond donors (Lipinski definition) is 1. The average molecular weight is 400 g/mol. The number of fused-ring (bicyclic) bond motifs is 1. The topological polar surface area (TPSA) is 68.9 Å². The number of phenolic OH excluding ortho intramolecular Hbond substituents is 1. The molecular weight excluding hydrogens is 380 g/mol. The first-order valence-electron chi connectivity index (χ1n) is 9.45. The van der Waals surface area contributed by atoms with Crippen molar-refractivity contribution in [2.75, 3.05) is 6.61 Å². The fourth-order valence-corrected chi connectivity index (χ4v) is 3.12. The second-order valence-corrected chi connectivity index (χ2v) is 6.69. The molecule has 1 aromatic heterocycles. The van der Waals surface area contributed by atoms with Crippen molar-refractivity contribution in [1.29, 1.82) is 0 Å². The van der Waals surface area contributed by atoms with Crippen LogP contribution in [-0.2, 0) is 6.61 Å². The van der Waals surface area contributed by atoms with Crippen LogP contribution in [0.15, 0.2) is 94.9 Å². The van der Waals surface area contributed by atoms with Crippen LogP contribution in [-0.4, -0.2) is 11.7 Å². The molecule has 0 radical (unpaired) electrons. The molecule has 0 atom stereocenters. The summed E-state index contributed by atoms with van der Waals surface area (Å²) in [5.74, 6) is 0.910. The summed E-state index contributed by atoms with van der Waals surface area (Å²) in [6, 6.07) is 19.8. The predicted octanol–water partition coefficient (Wildman–Crippen LogP) is 5.31. The van der Waals surface area contributed by atoms with Crippen LogP contribution in [0.1, 0.15) is 5.56 Å². The molecule has 30 heavy (non-hydrogen) atoms. The Morgan fingerprint density at radius 3 is 2.47 bits per heavy atom. The second kappa shape index (κ2) is 8.57. The van der Waals surface area contributed by atoms with E-state index in [4.69, 9.17) is 13.9 Å². The lowest BCUT2D eigenvalue weighted by molar-refractivity contribution is 0.304. The molecule has 0 aliphatic carbocycles. The van der Waals surface area contributed by atoms with Crippen molar-refractivity contribution in [3.05, 3.63) is 101 Å². The lowest BCUT2D eigenvalue weighted by Gasteiger charge is -2.09. The Labute approximate surface area is 173 Å². The molecule has 5 heteroatoms. The van der Waals surface area contributed by atoms with Crippen LogP contribution in [0.5, 0.6) is 17.2 Å². The number of rotatable bonds is 7. The van der Waals surface area contributed by atoms with E-state index in [-0.39, 0.29) is 22.1 Å². The molecule has 0 aliphatic rings. The first-order valence-corrected chi connectivity index (χ1v) is 9.45. The van der Waals surface area contributed by atoms with E-state index in [1.165, 1.54) is 12.3 Å². The molecule has 0 bridgehead atoms. The Bertz CT molecular complexity index is 1220. The molecule has 0 spiro atoms. The number of ether oxygens (including phenoxy) is 2. The first kappa shape index (κ1) is 19.3. The quantitative estimate of drug-likeness (QED) is 0.426. The van der Waals surface area contributed by atoms with Gasteiger partial charge in [0.1, 0.15) is 47.7 Å². The monoisotopic (exact) mass is 400 g/mol. The van der Waals surface area contributed by atoms with Gasteiger partial charge in [0.2, 0.25) is 5.43 Å². The van der Waals surface area contributed by atoms with E-state index in [9.17, 15) is 9.90 Å². The maximum atomic E-state index is 13.0. The van der Waals surface area contributed by atoms with E-state index in [0.717, 1.165) is 5.56 Å². The number of phenols is 1. The molecule has 1 heterocycles. The Balaban J connectivity index is 1.63. The van der Waals surface area contributed by atoms with Gasteiger partial charge in [-0.25, -0.2) is 0 Å². The lowest BCUT2D eigenvalue weighted by Crippen LogP contribution is -2.05. The van der Waals surface area contributed by atoms with Gasteiger partial charge in [-0.1, -0.05) is 55.1 Å². The van der Waals surface area contributed by atoms with E-state index in [1.807, 2.05) is 30.3 Å². The van der Waals surface area contributed by atoms with Crippen molar-refractivity contribution in [1.82, 2.24) is 0 Å². The van der Waals surface area contributed by atoms with Gasteiger partial charge >= 0.3 is 0 Å². The van der Waals surface area contributed by atoms with Crippen molar-refractivity contribution >= 4 is 11.0 Å². The minimum absolute atomic E-state index is 0.117. The summed E-state index contributed by atoms with van der Waals surface area (Å²) in [5.41, 5.74) is 1.96. The Morgan fingerprint density at radius 2 is 1.73 bits per heavy atom. The fourth-order valence-electron chi connectivity index (χ4n) is 3.12. The van der Waals surface area contributed by atoms with Crippen LogP contribution < -0.4 is 14.9 Å². The van der Waals surface area contributed by atoms with E-state index in [1.54, 1.807) is 36.4 Å². The average Bonchev–Trinajstić information content (AvgIpc) is 2.77. The third-order valence-electron chi connectivity index (χ3n) is 4.61. The second-order valence-electron chi connectivity index (χ2n) is 6.69. The van der Waals surface area contributed by atoms with Crippen LogP contribution in [0.25, 0.3) is 22.1 Å². The Hall–Kier alpha value is -3.99. The van der Waals surface area contributed by atoms with E-state index in [0.29, 0.717) is 35.8 Å². The molecular formula is C25H20O5. The smallest absolute Gasteiger partial charge is 0.204 e. The molecule has 4 aromatic rings. The maximum Gasteiger partial charge on any atom is 0.204 e. The van der Waals surface area contributed by atoms with Gasteiger partial charge in [0.15, 0.2) is 0 Å². The van der Waals surface area contributed by atoms with Crippen molar-refractivity contribution in [2.45, 2.75) is 6.61 Å². The Morgan fingerprint density at radius 1 is 0.967 bits per heavy atom. The number of benzene rings is 3. The Kier molecular flexibility index (Phi) is 5.52. The van der Waals surface area contributed by atoms with Crippen molar-refractivity contribution in [3.63, 3.8) is 0 Å². The summed E-state index contributed by atoms with van der Waals surface area (Å²) in [6.45, 7) is 4.36. The van der Waals surface area contributed by atoms with E-state index >= 15 is 0 Å². The van der Waals surface area contributed by atoms with Crippen molar-refractivity contribution in [2.24, 2.45) is 0 Å². The highest BCUT2D eigenvalue weighted by atomic mass is 16.5. The van der Waals surface area contributed by atoms with Crippen LogP contribution in [0.2, 0.25) is 0 Å². The van der Waals surface area contributed by atoms with Crippen molar-refractivity contribution in [3.8, 4) is 28.4 Å². The highest BCUT2D eigenvalue weighted by Gasteiger charge is 2.15. The van der Waals surface area contributed by atoms with Gasteiger partial charge in [-0.15, -0.1) is 0 Å². The molecule has 150 valence electrons. The molecule has 0 saturated carbocycles. The molecule has 0 saturated heterocycles. The molecule has 3 aromatic carbocycles. The molecule has 0 unspecified atom stereocenters. The normalized spacial score (nSPS) is 10.7. The SMILES string of the molecule is C=CCOc1ccc(-c2coc3cc(OCc4ccccc4)cc(O)c3c2=O)cc1. The third kappa shape index (κ3) is 4.05. The predicted molar refractivity (Wildman–Crippen MR) is 116 cm³/mol. The van der Waals surface area contributed by atoms with E-state index in [2.05, 4.69) is 6.58 Å². The summed E-state index contributed by atoms with van der Waals surface area (Å²) in [5, 5.41) is 10.6. The minimum Gasteiger partial charge on any atom is -0.507 e. The highest BCUT2D eigenvalue weighted by molar-refractivity contribution is 5.88. The fraction of sp³-hybridized carbons (Fsp3) is 0.0800. The number of hydrogen-bond acceptors (Lipinski definition) is 5. The zero-order valence-electron chi connectivity index (χ0n) is 16.2. The third-order valence-corrected chi connectivity index (χ3v) is 4.61. The van der Waals surface area contributed by atoms with Gasteiger partial charge in [-0.3, -0.25) is 4.79 Å². The minimum atomic E-state index is -0.317. The van der Waals surface area contributed by atoms with Crippen LogP contribution in [0.4, 0.5) is 0 Å². The summed E-state index contributed by atoms with van der Waals surface area (Å²) in [6.07, 6.45) is 3.05. The van der Waals surface area contributed by atoms with Crippen LogP contribution >= 0.6 is 0 Å². The molecule has 5 nitrogen and oxygen atoms in total. The summed E-state index contributed by atoms with van der Waals surface area (Å²) in [7, 11) is 0. The zero-order chi connectivity index (χ0) is 20.9. The molecule has 0 aliphatic heterocycles. The summed E-state index contributed by atoms with van der Waals surface area (Å²) >= 11 is 0. The van der Waals surface area contributed by atoms with Crippen molar-refractivity contribution < 1.29 is 19.0 Å². The van der Waals surface area contributed by atoms with Crippen LogP contribution in [0.3, 0.4) is 0 Å². The van der Waals surface area contributed by atoms with Gasteiger partial charge in [0, 0.05) is 12.1 Å². The summed E-state index contributed by atoms with van der Waals surface area (Å²) in [4.78, 5) is 13.0.